The molecule has 0 bridgehead atoms. The van der Waals surface area contributed by atoms with E-state index in [0.717, 1.165) is 33.4 Å². The third kappa shape index (κ3) is 5.22. The first-order valence-corrected chi connectivity index (χ1v) is 13.7. The number of rotatable bonds is 6. The maximum absolute atomic E-state index is 12.9. The number of carbonyl (C=O) groups is 6. The number of esters is 6. The molecule has 228 valence electrons. The standard InChI is InChI=1S/C30H36O12/c1-37-25(31)19-7-13-14(8-20(19)26(32)38-2)16-10-22(28(34)40-4)24(30(36)42-6)12-18(16)17-11-23(29(35)41-5)21(9-15(13)17)27(33)39-3/h19-24H,7-12H2,1-6H3/t19-,20-,21-,22-,23-,24+/m0/s1. The van der Waals surface area contributed by atoms with Gasteiger partial charge in [0, 0.05) is 0 Å². The molecule has 0 fully saturated rings. The zero-order valence-electron chi connectivity index (χ0n) is 24.6. The Bertz CT molecular complexity index is 1040. The van der Waals surface area contributed by atoms with Crippen molar-refractivity contribution in [1.29, 1.82) is 0 Å². The van der Waals surface area contributed by atoms with Gasteiger partial charge in [0.05, 0.1) is 78.2 Å². The Morgan fingerprint density at radius 3 is 0.548 bits per heavy atom. The first kappa shape index (κ1) is 31.0. The zero-order chi connectivity index (χ0) is 30.9. The van der Waals surface area contributed by atoms with Gasteiger partial charge in [0.15, 0.2) is 0 Å². The number of carbonyl (C=O) groups excluding carboxylic acids is 6. The average molecular weight is 589 g/mol. The lowest BCUT2D eigenvalue weighted by Crippen LogP contribution is -2.44. The summed E-state index contributed by atoms with van der Waals surface area (Å²) in [6.07, 6.45) is 0.735. The van der Waals surface area contributed by atoms with Gasteiger partial charge in [-0.2, -0.15) is 0 Å². The van der Waals surface area contributed by atoms with Gasteiger partial charge in [-0.25, -0.2) is 0 Å². The molecule has 0 saturated heterocycles. The van der Waals surface area contributed by atoms with Crippen LogP contribution in [0, 0.1) is 35.5 Å². The lowest BCUT2D eigenvalue weighted by molar-refractivity contribution is -0.158. The molecule has 12 heteroatoms. The number of benzene rings is 1. The van der Waals surface area contributed by atoms with Crippen molar-refractivity contribution < 1.29 is 57.2 Å². The molecule has 0 heterocycles. The van der Waals surface area contributed by atoms with Crippen molar-refractivity contribution in [2.24, 2.45) is 35.5 Å². The fraction of sp³-hybridized carbons (Fsp3) is 0.600. The van der Waals surface area contributed by atoms with Crippen molar-refractivity contribution in [2.45, 2.75) is 38.5 Å². The summed E-state index contributed by atoms with van der Waals surface area (Å²) in [5, 5.41) is 0. The molecule has 12 nitrogen and oxygen atoms in total. The van der Waals surface area contributed by atoms with Gasteiger partial charge >= 0.3 is 35.8 Å². The monoisotopic (exact) mass is 588 g/mol. The minimum absolute atomic E-state index is 0.123. The van der Waals surface area contributed by atoms with Crippen LogP contribution in [0.1, 0.15) is 33.4 Å². The predicted molar refractivity (Wildman–Crippen MR) is 142 cm³/mol. The third-order valence-electron chi connectivity index (χ3n) is 9.21. The van der Waals surface area contributed by atoms with Crippen molar-refractivity contribution >= 4 is 35.8 Å². The maximum Gasteiger partial charge on any atom is 0.309 e. The Morgan fingerprint density at radius 1 is 0.333 bits per heavy atom. The Hall–Kier alpha value is -3.96. The first-order valence-electron chi connectivity index (χ1n) is 13.7. The van der Waals surface area contributed by atoms with Crippen LogP contribution in [0.2, 0.25) is 0 Å². The summed E-state index contributed by atoms with van der Waals surface area (Å²) in [5.74, 6) is -8.57. The summed E-state index contributed by atoms with van der Waals surface area (Å²) in [6, 6.07) is 0. The van der Waals surface area contributed by atoms with Crippen LogP contribution in [-0.4, -0.2) is 78.5 Å². The highest BCUT2D eigenvalue weighted by Gasteiger charge is 2.49. The number of ether oxygens (including phenoxy) is 6. The topological polar surface area (TPSA) is 158 Å². The second-order valence-electron chi connectivity index (χ2n) is 10.9. The van der Waals surface area contributed by atoms with Gasteiger partial charge in [0.1, 0.15) is 0 Å². The molecule has 0 amide bonds. The van der Waals surface area contributed by atoms with Crippen LogP contribution >= 0.6 is 0 Å². The quantitative estimate of drug-likeness (QED) is 0.339. The van der Waals surface area contributed by atoms with E-state index < -0.39 is 71.3 Å². The third-order valence-corrected chi connectivity index (χ3v) is 9.21. The molecule has 0 spiro atoms. The van der Waals surface area contributed by atoms with E-state index in [2.05, 4.69) is 0 Å². The fourth-order valence-corrected chi connectivity index (χ4v) is 7.14. The normalized spacial score (nSPS) is 25.9. The van der Waals surface area contributed by atoms with Gasteiger partial charge < -0.3 is 28.4 Å². The van der Waals surface area contributed by atoms with Crippen LogP contribution in [0.15, 0.2) is 0 Å². The molecule has 0 radical (unpaired) electrons. The van der Waals surface area contributed by atoms with Crippen molar-refractivity contribution in [1.82, 2.24) is 0 Å². The molecule has 3 aliphatic rings. The number of methoxy groups -OCH3 is 6. The Labute approximate surface area is 243 Å². The van der Waals surface area contributed by atoms with E-state index in [1.165, 1.54) is 42.7 Å². The van der Waals surface area contributed by atoms with Gasteiger partial charge in [-0.15, -0.1) is 0 Å². The van der Waals surface area contributed by atoms with Gasteiger partial charge in [0.25, 0.3) is 0 Å². The summed E-state index contributed by atoms with van der Waals surface area (Å²) >= 11 is 0. The van der Waals surface area contributed by atoms with Gasteiger partial charge in [-0.05, 0) is 71.9 Å². The van der Waals surface area contributed by atoms with Crippen LogP contribution in [0.4, 0.5) is 0 Å². The number of fused-ring (bicyclic) bond motifs is 6. The summed E-state index contributed by atoms with van der Waals surface area (Å²) in [7, 11) is 7.48. The number of hydrogen-bond donors (Lipinski definition) is 0. The summed E-state index contributed by atoms with van der Waals surface area (Å²) in [5.41, 5.74) is 4.56. The Morgan fingerprint density at radius 2 is 0.452 bits per heavy atom. The van der Waals surface area contributed by atoms with Crippen LogP contribution in [-0.2, 0) is 95.7 Å². The van der Waals surface area contributed by atoms with Crippen LogP contribution in [0.5, 0.6) is 0 Å². The fourth-order valence-electron chi connectivity index (χ4n) is 7.14. The average Bonchev–Trinajstić information content (AvgIpc) is 3.04. The van der Waals surface area contributed by atoms with Gasteiger partial charge in [-0.1, -0.05) is 0 Å². The summed E-state index contributed by atoms with van der Waals surface area (Å²) < 4.78 is 30.3. The predicted octanol–water partition coefficient (Wildman–Crippen LogP) is 0.718. The van der Waals surface area contributed by atoms with Gasteiger partial charge in [-0.3, -0.25) is 28.8 Å². The second kappa shape index (κ2) is 12.5. The molecule has 1 aromatic rings. The van der Waals surface area contributed by atoms with E-state index in [9.17, 15) is 28.8 Å². The highest BCUT2D eigenvalue weighted by atomic mass is 16.5. The molecule has 0 unspecified atom stereocenters. The maximum atomic E-state index is 12.9. The molecule has 0 aliphatic heterocycles. The van der Waals surface area contributed by atoms with E-state index in [1.54, 1.807) is 0 Å². The molecule has 4 rings (SSSR count). The van der Waals surface area contributed by atoms with E-state index in [-0.39, 0.29) is 38.5 Å². The zero-order valence-corrected chi connectivity index (χ0v) is 24.6. The molecular weight excluding hydrogens is 552 g/mol. The molecule has 3 aliphatic carbocycles. The molecule has 0 saturated carbocycles. The van der Waals surface area contributed by atoms with Crippen LogP contribution < -0.4 is 0 Å². The Kier molecular flexibility index (Phi) is 9.22. The minimum atomic E-state index is -0.852. The number of hydrogen-bond acceptors (Lipinski definition) is 12. The van der Waals surface area contributed by atoms with Crippen molar-refractivity contribution in [3.8, 4) is 0 Å². The SMILES string of the molecule is COC(=O)[C@H]1Cc2c3c(c4c(c2C[C@@H]1C(=O)OC)C[C@H](C(=O)OC)[C@H](C(=O)OC)C4)C[C@H](C(=O)OC)[C@@H](C(=O)OC)C3. The Balaban J connectivity index is 2.00. The molecule has 6 atom stereocenters. The van der Waals surface area contributed by atoms with Crippen molar-refractivity contribution in [3.63, 3.8) is 0 Å². The van der Waals surface area contributed by atoms with Crippen molar-refractivity contribution in [2.75, 3.05) is 42.7 Å². The van der Waals surface area contributed by atoms with Crippen LogP contribution in [0.3, 0.4) is 0 Å². The minimum Gasteiger partial charge on any atom is -0.469 e. The lowest BCUT2D eigenvalue weighted by atomic mass is 9.62. The second-order valence-corrected chi connectivity index (χ2v) is 10.9. The van der Waals surface area contributed by atoms with Crippen molar-refractivity contribution in [3.05, 3.63) is 33.4 Å². The smallest absolute Gasteiger partial charge is 0.309 e. The van der Waals surface area contributed by atoms with Crippen LogP contribution in [0.25, 0.3) is 0 Å². The van der Waals surface area contributed by atoms with Gasteiger partial charge in [0.2, 0.25) is 0 Å². The highest BCUT2D eigenvalue weighted by molar-refractivity contribution is 5.87. The molecule has 42 heavy (non-hydrogen) atoms. The van der Waals surface area contributed by atoms with E-state index in [4.69, 9.17) is 28.4 Å². The highest BCUT2D eigenvalue weighted by Crippen LogP contribution is 2.47. The summed E-state index contributed by atoms with van der Waals surface area (Å²) in [4.78, 5) is 77.5. The van der Waals surface area contributed by atoms with E-state index in [0.29, 0.717) is 0 Å². The largest absolute Gasteiger partial charge is 0.469 e. The first-order chi connectivity index (χ1) is 20.1. The lowest BCUT2D eigenvalue weighted by Gasteiger charge is -2.41. The molecular formula is C30H36O12. The van der Waals surface area contributed by atoms with E-state index in [1.807, 2.05) is 0 Å². The molecule has 0 aromatic heterocycles. The van der Waals surface area contributed by atoms with E-state index >= 15 is 0 Å². The summed E-state index contributed by atoms with van der Waals surface area (Å²) in [6.45, 7) is 0. The molecule has 1 aromatic carbocycles. The molecule has 0 N–H and O–H groups in total.